The fraction of sp³-hybridized carbons (Fsp3) is 0.238. The van der Waals surface area contributed by atoms with Gasteiger partial charge >= 0.3 is 0 Å². The lowest BCUT2D eigenvalue weighted by atomic mass is 10.2. The van der Waals surface area contributed by atoms with Crippen LogP contribution in [0.2, 0.25) is 0 Å². The van der Waals surface area contributed by atoms with Gasteiger partial charge in [0.1, 0.15) is 5.75 Å². The largest absolute Gasteiger partial charge is 0.497 e. The third-order valence-corrected chi connectivity index (χ3v) is 6.57. The second-order valence-corrected chi connectivity index (χ2v) is 8.93. The van der Waals surface area contributed by atoms with Crippen LogP contribution in [0.15, 0.2) is 52.9 Å². The average molecular weight is 456 g/mol. The Labute approximate surface area is 188 Å². The molecule has 2 N–H and O–H groups in total. The highest BCUT2D eigenvalue weighted by molar-refractivity contribution is 8.01. The Morgan fingerprint density at radius 2 is 2.10 bits per heavy atom. The van der Waals surface area contributed by atoms with Crippen LogP contribution >= 0.6 is 23.1 Å². The van der Waals surface area contributed by atoms with Crippen LogP contribution in [0.25, 0.3) is 0 Å². The van der Waals surface area contributed by atoms with E-state index in [2.05, 4.69) is 20.8 Å². The summed E-state index contributed by atoms with van der Waals surface area (Å²) in [7, 11) is 1.62. The molecule has 1 saturated heterocycles. The summed E-state index contributed by atoms with van der Waals surface area (Å²) in [6.45, 7) is 0.675. The molecule has 31 heavy (non-hydrogen) atoms. The number of carbonyl (C=O) groups is 2. The maximum atomic E-state index is 12.5. The Hall–Kier alpha value is -3.11. The maximum Gasteiger partial charge on any atom is 0.234 e. The van der Waals surface area contributed by atoms with E-state index in [9.17, 15) is 9.59 Å². The molecule has 3 aromatic rings. The second-order valence-electron chi connectivity index (χ2n) is 6.73. The van der Waals surface area contributed by atoms with E-state index in [1.165, 1.54) is 23.1 Å². The molecule has 160 valence electrons. The van der Waals surface area contributed by atoms with Gasteiger partial charge in [-0.1, -0.05) is 41.3 Å². The first-order chi connectivity index (χ1) is 15.1. The summed E-state index contributed by atoms with van der Waals surface area (Å²) in [5.74, 6) is 0.857. The smallest absolute Gasteiger partial charge is 0.234 e. The minimum atomic E-state index is -0.165. The van der Waals surface area contributed by atoms with E-state index in [1.54, 1.807) is 12.0 Å². The first-order valence-corrected chi connectivity index (χ1v) is 11.5. The van der Waals surface area contributed by atoms with Crippen molar-refractivity contribution in [1.82, 2.24) is 10.2 Å². The molecule has 2 amide bonds. The number of benzene rings is 2. The Kier molecular flexibility index (Phi) is 6.68. The molecule has 0 unspecified atom stereocenters. The number of hydrogen-bond acceptors (Lipinski definition) is 8. The van der Waals surface area contributed by atoms with Gasteiger partial charge in [0.25, 0.3) is 0 Å². The summed E-state index contributed by atoms with van der Waals surface area (Å²) in [4.78, 5) is 26.3. The molecule has 10 heteroatoms. The summed E-state index contributed by atoms with van der Waals surface area (Å²) in [5.41, 5.74) is 2.22. The van der Waals surface area contributed by atoms with Crippen molar-refractivity contribution in [2.75, 3.05) is 34.9 Å². The molecular weight excluding hydrogens is 434 g/mol. The van der Waals surface area contributed by atoms with E-state index in [4.69, 9.17) is 4.74 Å². The zero-order valence-electron chi connectivity index (χ0n) is 16.8. The molecule has 8 nitrogen and oxygen atoms in total. The molecule has 0 atom stereocenters. The molecule has 0 aliphatic carbocycles. The van der Waals surface area contributed by atoms with E-state index in [0.717, 1.165) is 23.5 Å². The molecule has 0 radical (unpaired) electrons. The summed E-state index contributed by atoms with van der Waals surface area (Å²) in [6.07, 6.45) is 1.38. The molecule has 1 aromatic heterocycles. The lowest BCUT2D eigenvalue weighted by Crippen LogP contribution is -2.25. The molecular formula is C21H21N5O3S2. The van der Waals surface area contributed by atoms with Gasteiger partial charge in [0.2, 0.25) is 16.9 Å². The lowest BCUT2D eigenvalue weighted by molar-refractivity contribution is -0.117. The molecule has 0 spiro atoms. The van der Waals surface area contributed by atoms with Gasteiger partial charge in [0.05, 0.1) is 24.2 Å². The number of anilines is 4. The molecule has 1 fully saturated rings. The second kappa shape index (κ2) is 9.80. The van der Waals surface area contributed by atoms with Crippen molar-refractivity contribution < 1.29 is 14.3 Å². The number of rotatable bonds is 8. The predicted octanol–water partition coefficient (Wildman–Crippen LogP) is 4.15. The van der Waals surface area contributed by atoms with Crippen LogP contribution in [0, 0.1) is 0 Å². The topological polar surface area (TPSA) is 96.4 Å². The highest BCUT2D eigenvalue weighted by atomic mass is 32.2. The lowest BCUT2D eigenvalue weighted by Gasteiger charge is -2.19. The minimum absolute atomic E-state index is 0.0843. The zero-order valence-corrected chi connectivity index (χ0v) is 18.5. The number of aromatic nitrogens is 2. The first kappa shape index (κ1) is 21.1. The number of hydrogen-bond donors (Lipinski definition) is 2. The summed E-state index contributed by atoms with van der Waals surface area (Å²) >= 11 is 2.68. The van der Waals surface area contributed by atoms with Crippen molar-refractivity contribution in [3.8, 4) is 5.75 Å². The Bertz CT molecular complexity index is 1090. The minimum Gasteiger partial charge on any atom is -0.497 e. The first-order valence-electron chi connectivity index (χ1n) is 9.69. The third-order valence-electron chi connectivity index (χ3n) is 4.60. The number of thioether (sulfide) groups is 1. The van der Waals surface area contributed by atoms with E-state index in [0.29, 0.717) is 28.1 Å². The number of carbonyl (C=O) groups excluding carboxylic acids is 2. The van der Waals surface area contributed by atoms with Gasteiger partial charge in [0, 0.05) is 24.7 Å². The van der Waals surface area contributed by atoms with Crippen molar-refractivity contribution in [1.29, 1.82) is 0 Å². The van der Waals surface area contributed by atoms with E-state index in [-0.39, 0.29) is 17.6 Å². The molecule has 1 aliphatic rings. The zero-order chi connectivity index (χ0) is 21.6. The maximum absolute atomic E-state index is 12.5. The van der Waals surface area contributed by atoms with Crippen LogP contribution in [-0.2, 0) is 9.59 Å². The van der Waals surface area contributed by atoms with Gasteiger partial charge in [-0.05, 0) is 30.7 Å². The van der Waals surface area contributed by atoms with Gasteiger partial charge < -0.3 is 20.3 Å². The SMILES string of the molecule is COc1cccc(Nc2nnc(SCC(=O)Nc3ccccc3N3CCCC3=O)s2)c1. The standard InChI is InChI=1S/C21H21N5O3S2/c1-29-15-7-4-6-14(12-15)22-20-24-25-21(31-20)30-13-18(27)23-16-8-2-3-9-17(16)26-11-5-10-19(26)28/h2-4,6-9,12H,5,10-11,13H2,1H3,(H,22,24)(H,23,27). The molecule has 1 aliphatic heterocycles. The monoisotopic (exact) mass is 455 g/mol. The van der Waals surface area contributed by atoms with Gasteiger partial charge in [-0.25, -0.2) is 0 Å². The number of nitrogens with one attached hydrogen (secondary N) is 2. The van der Waals surface area contributed by atoms with E-state index >= 15 is 0 Å². The van der Waals surface area contributed by atoms with Crippen LogP contribution in [-0.4, -0.2) is 41.4 Å². The Morgan fingerprint density at radius 1 is 1.23 bits per heavy atom. The summed E-state index contributed by atoms with van der Waals surface area (Å²) < 4.78 is 5.90. The van der Waals surface area contributed by atoms with E-state index < -0.39 is 0 Å². The number of ether oxygens (including phenoxy) is 1. The van der Waals surface area contributed by atoms with Crippen molar-refractivity contribution in [2.24, 2.45) is 0 Å². The van der Waals surface area contributed by atoms with Crippen LogP contribution < -0.4 is 20.3 Å². The number of para-hydroxylation sites is 2. The quantitative estimate of drug-likeness (QED) is 0.493. The predicted molar refractivity (Wildman–Crippen MR) is 124 cm³/mol. The van der Waals surface area contributed by atoms with Gasteiger partial charge in [-0.3, -0.25) is 9.59 Å². The van der Waals surface area contributed by atoms with Crippen molar-refractivity contribution in [3.05, 3.63) is 48.5 Å². The summed E-state index contributed by atoms with van der Waals surface area (Å²) in [6, 6.07) is 14.9. The normalized spacial score (nSPS) is 13.3. The van der Waals surface area contributed by atoms with E-state index in [1.807, 2.05) is 48.5 Å². The molecule has 0 saturated carbocycles. The van der Waals surface area contributed by atoms with Crippen molar-refractivity contribution in [2.45, 2.75) is 17.2 Å². The number of nitrogens with zero attached hydrogens (tertiary/aromatic N) is 3. The number of methoxy groups -OCH3 is 1. The van der Waals surface area contributed by atoms with Gasteiger partial charge in [0.15, 0.2) is 4.34 Å². The van der Waals surface area contributed by atoms with Crippen LogP contribution in [0.5, 0.6) is 5.75 Å². The highest BCUT2D eigenvalue weighted by Gasteiger charge is 2.24. The summed E-state index contributed by atoms with van der Waals surface area (Å²) in [5, 5.41) is 15.0. The fourth-order valence-electron chi connectivity index (χ4n) is 3.17. The van der Waals surface area contributed by atoms with Crippen LogP contribution in [0.1, 0.15) is 12.8 Å². The van der Waals surface area contributed by atoms with Crippen LogP contribution in [0.3, 0.4) is 0 Å². The molecule has 4 rings (SSSR count). The van der Waals surface area contributed by atoms with Crippen molar-refractivity contribution >= 4 is 57.1 Å². The molecule has 2 heterocycles. The van der Waals surface area contributed by atoms with Gasteiger partial charge in [-0.15, -0.1) is 10.2 Å². The number of amides is 2. The fourth-order valence-corrected chi connectivity index (χ4v) is 4.75. The third kappa shape index (κ3) is 5.33. The highest BCUT2D eigenvalue weighted by Crippen LogP contribution is 2.31. The Morgan fingerprint density at radius 3 is 2.90 bits per heavy atom. The molecule has 0 bridgehead atoms. The molecule has 2 aromatic carbocycles. The van der Waals surface area contributed by atoms with Crippen molar-refractivity contribution in [3.63, 3.8) is 0 Å². The Balaban J connectivity index is 1.33. The van der Waals surface area contributed by atoms with Crippen LogP contribution in [0.4, 0.5) is 22.2 Å². The van der Waals surface area contributed by atoms with Gasteiger partial charge in [-0.2, -0.15) is 0 Å². The average Bonchev–Trinajstić information content (AvgIpc) is 3.41.